The summed E-state index contributed by atoms with van der Waals surface area (Å²) < 4.78 is 35.9. The summed E-state index contributed by atoms with van der Waals surface area (Å²) in [7, 11) is -3.87. The van der Waals surface area contributed by atoms with Gasteiger partial charge >= 0.3 is 6.09 Å². The van der Waals surface area contributed by atoms with Crippen molar-refractivity contribution in [3.63, 3.8) is 0 Å². The zero-order valence-corrected chi connectivity index (χ0v) is 9.68. The minimum Gasteiger partial charge on any atom is -0.449 e. The third-order valence-electron chi connectivity index (χ3n) is 1.50. The number of rotatable bonds is 4. The van der Waals surface area contributed by atoms with Crippen LogP contribution in [0.3, 0.4) is 0 Å². The van der Waals surface area contributed by atoms with Gasteiger partial charge in [0, 0.05) is 0 Å². The molecule has 0 aliphatic carbocycles. The highest BCUT2D eigenvalue weighted by Crippen LogP contribution is 2.43. The molecule has 9 heteroatoms. The van der Waals surface area contributed by atoms with E-state index in [-0.39, 0.29) is 17.5 Å². The van der Waals surface area contributed by atoms with Crippen LogP contribution < -0.4 is 5.43 Å². The van der Waals surface area contributed by atoms with Crippen LogP contribution in [0.5, 0.6) is 0 Å². The van der Waals surface area contributed by atoms with Crippen molar-refractivity contribution in [1.29, 1.82) is 0 Å². The zero-order chi connectivity index (χ0) is 12.9. The maximum atomic E-state index is 10.8. The van der Waals surface area contributed by atoms with E-state index in [2.05, 4.69) is 9.84 Å². The maximum Gasteiger partial charge on any atom is 0.427 e. The van der Waals surface area contributed by atoms with Gasteiger partial charge in [0.25, 0.3) is 0 Å². The van der Waals surface area contributed by atoms with E-state index in [1.807, 2.05) is 5.43 Å². The fraction of sp³-hybridized carbons (Fsp3) is 0.250. The molecule has 8 nitrogen and oxygen atoms in total. The average molecular weight is 264 g/mol. The molecule has 0 atom stereocenters. The fourth-order valence-electron chi connectivity index (χ4n) is 0.863. The maximum absolute atomic E-state index is 10.8. The molecule has 0 fully saturated rings. The van der Waals surface area contributed by atoms with Gasteiger partial charge in [-0.15, -0.1) is 0 Å². The summed E-state index contributed by atoms with van der Waals surface area (Å²) in [4.78, 5) is 10.8. The standard InChI is InChI=1S/C8H12N2O6S/c1-2-15-8(11)10-9-5-6-3-4-7(16-6)17(12,13)14/h3-5,12-14H,2H2,1H3,(H,10,11)/b9-5-. The zero-order valence-electron chi connectivity index (χ0n) is 8.86. The molecule has 1 heterocycles. The first-order valence-corrected chi connectivity index (χ1v) is 6.00. The van der Waals surface area contributed by atoms with Crippen LogP contribution in [0.1, 0.15) is 12.7 Å². The van der Waals surface area contributed by atoms with Crippen LogP contribution in [0.25, 0.3) is 0 Å². The molecule has 0 radical (unpaired) electrons. The van der Waals surface area contributed by atoms with E-state index in [0.717, 1.165) is 6.21 Å². The lowest BCUT2D eigenvalue weighted by atomic mass is 10.5. The second-order valence-corrected chi connectivity index (χ2v) is 4.21. The summed E-state index contributed by atoms with van der Waals surface area (Å²) in [6.45, 7) is 1.87. The topological polar surface area (TPSA) is 125 Å². The molecule has 0 aromatic carbocycles. The van der Waals surface area contributed by atoms with Gasteiger partial charge in [-0.25, -0.2) is 10.2 Å². The largest absolute Gasteiger partial charge is 0.449 e. The fourth-order valence-corrected chi connectivity index (χ4v) is 1.32. The minimum absolute atomic E-state index is 0.130. The lowest BCUT2D eigenvalue weighted by Gasteiger charge is -2.14. The van der Waals surface area contributed by atoms with Crippen LogP contribution in [0.2, 0.25) is 0 Å². The Labute approximate surface area is 98.4 Å². The van der Waals surface area contributed by atoms with Crippen molar-refractivity contribution in [3.8, 4) is 0 Å². The Kier molecular flexibility index (Phi) is 4.52. The van der Waals surface area contributed by atoms with Crippen molar-refractivity contribution >= 4 is 23.2 Å². The van der Waals surface area contributed by atoms with Gasteiger partial charge in [0.2, 0.25) is 5.09 Å². The first kappa shape index (κ1) is 13.5. The van der Waals surface area contributed by atoms with Crippen molar-refractivity contribution in [2.45, 2.75) is 12.0 Å². The van der Waals surface area contributed by atoms with Crippen LogP contribution in [-0.4, -0.2) is 32.6 Å². The number of hydrazone groups is 1. The van der Waals surface area contributed by atoms with Crippen LogP contribution in [0, 0.1) is 0 Å². The molecule has 0 unspecified atom stereocenters. The van der Waals surface area contributed by atoms with E-state index in [0.29, 0.717) is 0 Å². The Balaban J connectivity index is 2.55. The van der Waals surface area contributed by atoms with Crippen molar-refractivity contribution in [2.24, 2.45) is 5.10 Å². The first-order chi connectivity index (χ1) is 7.93. The number of nitrogens with zero attached hydrogens (tertiary/aromatic N) is 1. The average Bonchev–Trinajstić information content (AvgIpc) is 2.66. The molecule has 0 saturated carbocycles. The second-order valence-electron chi connectivity index (χ2n) is 2.77. The summed E-state index contributed by atoms with van der Waals surface area (Å²) in [5.41, 5.74) is 2.05. The van der Waals surface area contributed by atoms with E-state index >= 15 is 0 Å². The van der Waals surface area contributed by atoms with Gasteiger partial charge in [-0.1, -0.05) is 0 Å². The molecule has 17 heavy (non-hydrogen) atoms. The minimum atomic E-state index is -3.87. The molecule has 0 aliphatic rings. The number of ether oxygens (including phenoxy) is 1. The summed E-state index contributed by atoms with van der Waals surface area (Å²) >= 11 is 0. The first-order valence-electron chi connectivity index (χ1n) is 4.50. The molecule has 4 N–H and O–H groups in total. The Morgan fingerprint density at radius 2 is 2.29 bits per heavy atom. The lowest BCUT2D eigenvalue weighted by Crippen LogP contribution is -2.18. The van der Waals surface area contributed by atoms with E-state index in [1.165, 1.54) is 12.1 Å². The highest BCUT2D eigenvalue weighted by molar-refractivity contribution is 8.19. The van der Waals surface area contributed by atoms with E-state index in [4.69, 9.17) is 18.1 Å². The van der Waals surface area contributed by atoms with Gasteiger partial charge in [0.1, 0.15) is 16.6 Å². The number of furan rings is 1. The molecular weight excluding hydrogens is 252 g/mol. The number of carbonyl (C=O) groups is 1. The number of hydrogen-bond donors (Lipinski definition) is 4. The smallest absolute Gasteiger partial charge is 0.427 e. The van der Waals surface area contributed by atoms with Gasteiger partial charge < -0.3 is 22.8 Å². The van der Waals surface area contributed by atoms with Crippen LogP contribution in [-0.2, 0) is 4.74 Å². The molecule has 0 saturated heterocycles. The summed E-state index contributed by atoms with van der Waals surface area (Å²) in [5, 5.41) is 3.10. The van der Waals surface area contributed by atoms with Crippen molar-refractivity contribution < 1.29 is 27.6 Å². The molecule has 1 amide bonds. The Morgan fingerprint density at radius 1 is 1.59 bits per heavy atom. The molecule has 1 aromatic rings. The molecule has 0 aliphatic heterocycles. The van der Waals surface area contributed by atoms with E-state index < -0.39 is 17.0 Å². The van der Waals surface area contributed by atoms with Crippen molar-refractivity contribution in [1.82, 2.24) is 5.43 Å². The normalized spacial score (nSPS) is 12.7. The molecule has 0 spiro atoms. The predicted octanol–water partition coefficient (Wildman–Crippen LogP) is 1.94. The van der Waals surface area contributed by atoms with Crippen LogP contribution in [0.4, 0.5) is 4.79 Å². The van der Waals surface area contributed by atoms with Gasteiger partial charge in [0.15, 0.2) is 0 Å². The summed E-state index contributed by atoms with van der Waals surface area (Å²) in [6, 6.07) is 2.52. The van der Waals surface area contributed by atoms with Gasteiger partial charge in [-0.05, 0) is 19.1 Å². The van der Waals surface area contributed by atoms with Crippen LogP contribution in [0.15, 0.2) is 26.7 Å². The number of amides is 1. The molecule has 0 bridgehead atoms. The van der Waals surface area contributed by atoms with Gasteiger partial charge in [-0.3, -0.25) is 0 Å². The Bertz CT molecular complexity index is 410. The monoisotopic (exact) mass is 264 g/mol. The number of nitrogens with one attached hydrogen (secondary N) is 1. The highest BCUT2D eigenvalue weighted by Gasteiger charge is 2.19. The molecule has 96 valence electrons. The quantitative estimate of drug-likeness (QED) is 0.486. The molecule has 1 rings (SSSR count). The lowest BCUT2D eigenvalue weighted by molar-refractivity contribution is 0.152. The second kappa shape index (κ2) is 5.68. The Morgan fingerprint density at radius 3 is 2.82 bits per heavy atom. The van der Waals surface area contributed by atoms with E-state index in [1.54, 1.807) is 6.92 Å². The number of hydrogen-bond acceptors (Lipinski definition) is 7. The van der Waals surface area contributed by atoms with Crippen molar-refractivity contribution in [2.75, 3.05) is 6.61 Å². The Hall–Kier alpha value is -1.55. The van der Waals surface area contributed by atoms with Crippen molar-refractivity contribution in [3.05, 3.63) is 17.9 Å². The molecule has 1 aromatic heterocycles. The van der Waals surface area contributed by atoms with Gasteiger partial charge in [-0.2, -0.15) is 5.10 Å². The highest BCUT2D eigenvalue weighted by atomic mass is 32.3. The third kappa shape index (κ3) is 4.44. The third-order valence-corrected chi connectivity index (χ3v) is 2.25. The van der Waals surface area contributed by atoms with Crippen LogP contribution >= 0.6 is 10.9 Å². The summed E-state index contributed by atoms with van der Waals surface area (Å²) in [6.07, 6.45) is 0.396. The van der Waals surface area contributed by atoms with Gasteiger partial charge in [0.05, 0.1) is 12.8 Å². The summed E-state index contributed by atoms with van der Waals surface area (Å²) in [5.74, 6) is 0.130. The predicted molar refractivity (Wildman–Crippen MR) is 60.2 cm³/mol. The van der Waals surface area contributed by atoms with E-state index in [9.17, 15) is 4.79 Å². The SMILES string of the molecule is CCOC(=O)N/N=C\c1ccc(S(O)(O)O)o1. The molecular formula is C8H12N2O6S. The number of carbonyl (C=O) groups excluding carboxylic acids is 1.